The second-order valence-corrected chi connectivity index (χ2v) is 4.53. The predicted octanol–water partition coefficient (Wildman–Crippen LogP) is 1.87. The summed E-state index contributed by atoms with van der Waals surface area (Å²) in [4.78, 5) is 13.9. The summed E-state index contributed by atoms with van der Waals surface area (Å²) in [7, 11) is 0. The van der Waals surface area contributed by atoms with Crippen molar-refractivity contribution in [1.29, 1.82) is 0 Å². The Bertz CT molecular complexity index is 409. The van der Waals surface area contributed by atoms with Crippen LogP contribution in [0.4, 0.5) is 5.69 Å². The Balaban J connectivity index is 2.61. The van der Waals surface area contributed by atoms with Crippen LogP contribution in [0.3, 0.4) is 0 Å². The monoisotopic (exact) mass is 269 g/mol. The molecule has 100 valence electrons. The van der Waals surface area contributed by atoms with E-state index in [4.69, 9.17) is 17.3 Å². The summed E-state index contributed by atoms with van der Waals surface area (Å²) in [6.45, 7) is 6.32. The first kappa shape index (κ1) is 15.0. The second-order valence-electron chi connectivity index (χ2n) is 4.12. The number of amides is 1. The van der Waals surface area contributed by atoms with E-state index in [2.05, 4.69) is 5.32 Å². The first-order chi connectivity index (χ1) is 8.58. The maximum Gasteiger partial charge on any atom is 0.238 e. The van der Waals surface area contributed by atoms with Gasteiger partial charge >= 0.3 is 0 Å². The van der Waals surface area contributed by atoms with E-state index in [1.807, 2.05) is 30.9 Å². The van der Waals surface area contributed by atoms with Crippen molar-refractivity contribution in [3.05, 3.63) is 28.8 Å². The molecule has 0 aliphatic carbocycles. The highest BCUT2D eigenvalue weighted by molar-refractivity contribution is 6.31. The summed E-state index contributed by atoms with van der Waals surface area (Å²) in [5.74, 6) is -0.0457. The van der Waals surface area contributed by atoms with Crippen LogP contribution in [0.2, 0.25) is 5.02 Å². The molecular formula is C13H20ClN3O. The fraction of sp³-hybridized carbons (Fsp3) is 0.462. The van der Waals surface area contributed by atoms with Crippen LogP contribution < -0.4 is 11.1 Å². The molecule has 0 unspecified atom stereocenters. The molecule has 18 heavy (non-hydrogen) atoms. The third kappa shape index (κ3) is 4.29. The van der Waals surface area contributed by atoms with E-state index in [0.29, 0.717) is 18.1 Å². The quantitative estimate of drug-likeness (QED) is 0.829. The standard InChI is InChI=1S/C13H20ClN3O/c1-3-17(8-7-15)9-13(18)16-12-6-4-5-11(14)10(12)2/h4-6H,3,7-9,15H2,1-2H3,(H,16,18). The molecule has 0 spiro atoms. The van der Waals surface area contributed by atoms with Gasteiger partial charge in [0.15, 0.2) is 0 Å². The first-order valence-corrected chi connectivity index (χ1v) is 6.43. The van der Waals surface area contributed by atoms with Crippen molar-refractivity contribution in [2.24, 2.45) is 5.73 Å². The Morgan fingerprint density at radius 2 is 2.22 bits per heavy atom. The number of anilines is 1. The van der Waals surface area contributed by atoms with Gasteiger partial charge in [-0.3, -0.25) is 9.69 Å². The van der Waals surface area contributed by atoms with E-state index in [-0.39, 0.29) is 5.91 Å². The van der Waals surface area contributed by atoms with Crippen molar-refractivity contribution in [2.45, 2.75) is 13.8 Å². The van der Waals surface area contributed by atoms with Crippen molar-refractivity contribution >= 4 is 23.2 Å². The van der Waals surface area contributed by atoms with Crippen LogP contribution in [-0.4, -0.2) is 37.0 Å². The first-order valence-electron chi connectivity index (χ1n) is 6.05. The summed E-state index contributed by atoms with van der Waals surface area (Å²) in [5, 5.41) is 3.52. The van der Waals surface area contributed by atoms with Crippen LogP contribution in [0.15, 0.2) is 18.2 Å². The minimum atomic E-state index is -0.0457. The van der Waals surface area contributed by atoms with Gasteiger partial charge in [0.05, 0.1) is 6.54 Å². The van der Waals surface area contributed by atoms with Gasteiger partial charge < -0.3 is 11.1 Å². The van der Waals surface area contributed by atoms with Crippen molar-refractivity contribution in [3.8, 4) is 0 Å². The largest absolute Gasteiger partial charge is 0.329 e. The molecule has 0 aromatic heterocycles. The lowest BCUT2D eigenvalue weighted by molar-refractivity contribution is -0.117. The zero-order valence-electron chi connectivity index (χ0n) is 10.9. The predicted molar refractivity (Wildman–Crippen MR) is 76.0 cm³/mol. The smallest absolute Gasteiger partial charge is 0.238 e. The fourth-order valence-electron chi connectivity index (χ4n) is 1.67. The summed E-state index contributed by atoms with van der Waals surface area (Å²) in [6.07, 6.45) is 0. The molecule has 0 fully saturated rings. The summed E-state index contributed by atoms with van der Waals surface area (Å²) < 4.78 is 0. The van der Waals surface area contributed by atoms with E-state index < -0.39 is 0 Å². The van der Waals surface area contributed by atoms with Gasteiger partial charge in [0, 0.05) is 23.8 Å². The number of nitrogens with one attached hydrogen (secondary N) is 1. The SMILES string of the molecule is CCN(CCN)CC(=O)Nc1cccc(Cl)c1C. The molecule has 0 saturated carbocycles. The molecule has 0 bridgehead atoms. The third-order valence-corrected chi connectivity index (χ3v) is 3.21. The average Bonchev–Trinajstić information content (AvgIpc) is 2.34. The minimum absolute atomic E-state index is 0.0457. The highest BCUT2D eigenvalue weighted by Crippen LogP contribution is 2.22. The normalized spacial score (nSPS) is 10.7. The van der Waals surface area contributed by atoms with Gasteiger partial charge in [-0.2, -0.15) is 0 Å². The highest BCUT2D eigenvalue weighted by Gasteiger charge is 2.10. The molecule has 0 radical (unpaired) electrons. The molecule has 1 aromatic rings. The van der Waals surface area contributed by atoms with E-state index in [9.17, 15) is 4.79 Å². The zero-order valence-corrected chi connectivity index (χ0v) is 11.6. The zero-order chi connectivity index (χ0) is 13.5. The van der Waals surface area contributed by atoms with Crippen LogP contribution in [0.25, 0.3) is 0 Å². The molecule has 5 heteroatoms. The van der Waals surface area contributed by atoms with Gasteiger partial charge in [0.25, 0.3) is 0 Å². The maximum atomic E-state index is 11.9. The maximum absolute atomic E-state index is 11.9. The Labute approximate surface area is 113 Å². The van der Waals surface area contributed by atoms with Crippen LogP contribution in [0.5, 0.6) is 0 Å². The summed E-state index contributed by atoms with van der Waals surface area (Å²) in [6, 6.07) is 5.47. The molecule has 0 saturated heterocycles. The molecular weight excluding hydrogens is 250 g/mol. The molecule has 0 heterocycles. The van der Waals surface area contributed by atoms with Crippen LogP contribution in [0.1, 0.15) is 12.5 Å². The molecule has 0 aliphatic rings. The van der Waals surface area contributed by atoms with Crippen molar-refractivity contribution in [1.82, 2.24) is 4.90 Å². The molecule has 0 aliphatic heterocycles. The molecule has 4 nitrogen and oxygen atoms in total. The molecule has 3 N–H and O–H groups in total. The van der Waals surface area contributed by atoms with Gasteiger partial charge in [0.2, 0.25) is 5.91 Å². The number of nitrogens with two attached hydrogens (primary N) is 1. The molecule has 1 rings (SSSR count). The Kier molecular flexibility index (Phi) is 6.12. The Hall–Kier alpha value is -1.10. The number of halogens is 1. The summed E-state index contributed by atoms with van der Waals surface area (Å²) >= 11 is 6.00. The lowest BCUT2D eigenvalue weighted by Gasteiger charge is -2.19. The van der Waals surface area contributed by atoms with Crippen molar-refractivity contribution in [3.63, 3.8) is 0 Å². The van der Waals surface area contributed by atoms with Crippen LogP contribution >= 0.6 is 11.6 Å². The number of nitrogens with zero attached hydrogens (tertiary/aromatic N) is 1. The number of carbonyl (C=O) groups excluding carboxylic acids is 1. The molecule has 1 aromatic carbocycles. The lowest BCUT2D eigenvalue weighted by atomic mass is 10.2. The fourth-order valence-corrected chi connectivity index (χ4v) is 1.84. The van der Waals surface area contributed by atoms with Gasteiger partial charge in [-0.1, -0.05) is 24.6 Å². The van der Waals surface area contributed by atoms with Gasteiger partial charge in [-0.15, -0.1) is 0 Å². The molecule has 1 amide bonds. The lowest BCUT2D eigenvalue weighted by Crippen LogP contribution is -2.36. The van der Waals surface area contributed by atoms with E-state index in [1.165, 1.54) is 0 Å². The van der Waals surface area contributed by atoms with Crippen LogP contribution in [0, 0.1) is 6.92 Å². The second kappa shape index (κ2) is 7.36. The summed E-state index contributed by atoms with van der Waals surface area (Å²) in [5.41, 5.74) is 7.13. The minimum Gasteiger partial charge on any atom is -0.329 e. The molecule has 0 atom stereocenters. The van der Waals surface area contributed by atoms with Crippen LogP contribution in [-0.2, 0) is 4.79 Å². The Morgan fingerprint density at radius 3 is 2.83 bits per heavy atom. The number of hydrogen-bond donors (Lipinski definition) is 2. The number of likely N-dealkylation sites (N-methyl/N-ethyl adjacent to an activating group) is 1. The topological polar surface area (TPSA) is 58.4 Å². The Morgan fingerprint density at radius 1 is 1.50 bits per heavy atom. The van der Waals surface area contributed by atoms with Crippen molar-refractivity contribution < 1.29 is 4.79 Å². The van der Waals surface area contributed by atoms with Gasteiger partial charge in [-0.05, 0) is 31.2 Å². The third-order valence-electron chi connectivity index (χ3n) is 2.80. The number of rotatable bonds is 6. The number of carbonyl (C=O) groups is 1. The van der Waals surface area contributed by atoms with E-state index in [0.717, 1.165) is 24.3 Å². The average molecular weight is 270 g/mol. The number of hydrogen-bond acceptors (Lipinski definition) is 3. The number of benzene rings is 1. The highest BCUT2D eigenvalue weighted by atomic mass is 35.5. The van der Waals surface area contributed by atoms with Gasteiger partial charge in [-0.25, -0.2) is 0 Å². The van der Waals surface area contributed by atoms with E-state index in [1.54, 1.807) is 6.07 Å². The van der Waals surface area contributed by atoms with Crippen molar-refractivity contribution in [2.75, 3.05) is 31.5 Å². The van der Waals surface area contributed by atoms with E-state index >= 15 is 0 Å². The van der Waals surface area contributed by atoms with Gasteiger partial charge in [0.1, 0.15) is 0 Å².